The number of hydrogen-bond donors (Lipinski definition) is 3. The highest BCUT2D eigenvalue weighted by molar-refractivity contribution is 5.72. The Morgan fingerprint density at radius 1 is 0.895 bits per heavy atom. The second-order valence-electron chi connectivity index (χ2n) is 2.70. The zero-order chi connectivity index (χ0) is 16.9. The fraction of sp³-hybridized carbons (Fsp3) is 0.727. The van der Waals surface area contributed by atoms with Gasteiger partial charge in [0.15, 0.2) is 0 Å². The van der Waals surface area contributed by atoms with Crippen molar-refractivity contribution in [1.82, 2.24) is 0 Å². The molecule has 0 saturated heterocycles. The molecule has 0 rings (SSSR count). The van der Waals surface area contributed by atoms with E-state index >= 15 is 0 Å². The maximum Gasteiger partial charge on any atom is 0.503 e. The third-order valence-corrected chi connectivity index (χ3v) is 0.289. The summed E-state index contributed by atoms with van der Waals surface area (Å²) in [5, 5.41) is 21.4. The van der Waals surface area contributed by atoms with Crippen LogP contribution in [0, 0.1) is 0 Å². The molecule has 0 aliphatic carbocycles. The number of carboxylic acid groups (broad SMARTS) is 3. The Hall–Kier alpha value is -1.67. The second kappa shape index (κ2) is 36.0. The highest BCUT2D eigenvalue weighted by atomic mass is 16.6. The summed E-state index contributed by atoms with van der Waals surface area (Å²) in [5.41, 5.74) is 0. The molecule has 0 atom stereocenters. The van der Waals surface area contributed by atoms with Crippen molar-refractivity contribution in [3.05, 3.63) is 0 Å². The van der Waals surface area contributed by atoms with Crippen LogP contribution in [-0.4, -0.2) is 61.2 Å². The summed E-state index contributed by atoms with van der Waals surface area (Å²) in [7, 11) is 4.93. The van der Waals surface area contributed by atoms with Crippen molar-refractivity contribution in [3.8, 4) is 0 Å². The van der Waals surface area contributed by atoms with Gasteiger partial charge >= 0.3 is 6.16 Å². The summed E-state index contributed by atoms with van der Waals surface area (Å²) in [6.45, 7) is 6.92. The summed E-state index contributed by atoms with van der Waals surface area (Å²) in [5.74, 6) is -0.667. The minimum absolute atomic E-state index is 0.167. The van der Waals surface area contributed by atoms with Crippen molar-refractivity contribution in [3.63, 3.8) is 0 Å². The molecule has 0 amide bonds. The van der Waals surface area contributed by atoms with Gasteiger partial charge in [0.1, 0.15) is 5.78 Å². The summed E-state index contributed by atoms with van der Waals surface area (Å²) in [6.07, 6.45) is -1.83. The number of hydrogen-bond acceptors (Lipinski definition) is 5. The fourth-order valence-corrected chi connectivity index (χ4v) is 0. The third kappa shape index (κ3) is 7470. The molecule has 0 unspecified atom stereocenters. The average molecular weight is 286 g/mol. The molecule has 118 valence electrons. The lowest BCUT2D eigenvalue weighted by Crippen LogP contribution is -1.81. The second-order valence-corrected chi connectivity index (χ2v) is 2.70. The van der Waals surface area contributed by atoms with E-state index in [1.807, 2.05) is 6.92 Å². The van der Waals surface area contributed by atoms with Crippen molar-refractivity contribution in [2.24, 2.45) is 0 Å². The summed E-state index contributed by atoms with van der Waals surface area (Å²) in [4.78, 5) is 27.0. The number of carboxylic acids is 1. The molecule has 0 heterocycles. The van der Waals surface area contributed by atoms with Gasteiger partial charge in [0.25, 0.3) is 5.97 Å². The molecule has 0 saturated carbocycles. The fourth-order valence-electron chi connectivity index (χ4n) is 0. The summed E-state index contributed by atoms with van der Waals surface area (Å²) >= 11 is 0. The van der Waals surface area contributed by atoms with Gasteiger partial charge < -0.3 is 29.6 Å². The molecule has 0 aromatic carbocycles. The maximum absolute atomic E-state index is 9.44. The van der Waals surface area contributed by atoms with Crippen molar-refractivity contribution in [2.75, 3.05) is 27.9 Å². The van der Waals surface area contributed by atoms with Crippen molar-refractivity contribution >= 4 is 17.9 Å². The molecule has 0 aromatic rings. The van der Waals surface area contributed by atoms with Gasteiger partial charge in [-0.2, -0.15) is 0 Å². The minimum Gasteiger partial charge on any atom is -0.481 e. The number of Topliss-reactive ketones (excluding diaryl/α,β-unsaturated/α-hetero) is 1. The van der Waals surface area contributed by atoms with Gasteiger partial charge in [-0.25, -0.2) is 4.79 Å². The molecule has 8 nitrogen and oxygen atoms in total. The zero-order valence-electron chi connectivity index (χ0n) is 12.6. The van der Waals surface area contributed by atoms with Gasteiger partial charge in [-0.1, -0.05) is 0 Å². The first-order valence-electron chi connectivity index (χ1n) is 5.00. The number of rotatable bonds is 1. The first-order valence-corrected chi connectivity index (χ1v) is 5.00. The smallest absolute Gasteiger partial charge is 0.481 e. The van der Waals surface area contributed by atoms with Crippen molar-refractivity contribution in [2.45, 2.75) is 27.7 Å². The minimum atomic E-state index is -1.83. The molecule has 0 aromatic heterocycles. The number of carbonyl (C=O) groups excluding carboxylic acids is 1. The van der Waals surface area contributed by atoms with Crippen LogP contribution < -0.4 is 0 Å². The lowest BCUT2D eigenvalue weighted by Gasteiger charge is -1.76. The van der Waals surface area contributed by atoms with Crippen LogP contribution in [0.5, 0.6) is 0 Å². The van der Waals surface area contributed by atoms with Crippen LogP contribution in [0.15, 0.2) is 0 Å². The zero-order valence-corrected chi connectivity index (χ0v) is 12.6. The highest BCUT2D eigenvalue weighted by Crippen LogP contribution is 1.52. The lowest BCUT2D eigenvalue weighted by molar-refractivity contribution is -0.134. The molecule has 0 bridgehead atoms. The molecule has 3 N–H and O–H groups in total. The van der Waals surface area contributed by atoms with E-state index in [-0.39, 0.29) is 5.78 Å². The third-order valence-electron chi connectivity index (χ3n) is 0.289. The van der Waals surface area contributed by atoms with E-state index < -0.39 is 12.1 Å². The van der Waals surface area contributed by atoms with E-state index in [4.69, 9.17) is 24.9 Å². The van der Waals surface area contributed by atoms with E-state index in [1.54, 1.807) is 21.3 Å². The van der Waals surface area contributed by atoms with Crippen LogP contribution in [0.3, 0.4) is 0 Å². The van der Waals surface area contributed by atoms with Crippen LogP contribution in [0.2, 0.25) is 0 Å². The molecule has 0 radical (unpaired) electrons. The van der Waals surface area contributed by atoms with Crippen molar-refractivity contribution < 1.29 is 39.2 Å². The number of methoxy groups -OCH3 is 2. The number of ketones is 1. The largest absolute Gasteiger partial charge is 0.503 e. The quantitative estimate of drug-likeness (QED) is 0.665. The molecule has 0 aliphatic heterocycles. The van der Waals surface area contributed by atoms with Crippen LogP contribution in [0.1, 0.15) is 27.7 Å². The Balaban J connectivity index is -0.0000000432. The van der Waals surface area contributed by atoms with Gasteiger partial charge in [0, 0.05) is 34.9 Å². The van der Waals surface area contributed by atoms with Gasteiger partial charge in [-0.05, 0) is 20.8 Å². The average Bonchev–Trinajstić information content (AvgIpc) is 2.15. The molecule has 8 heteroatoms. The molecular formula is C11H26O8. The Morgan fingerprint density at radius 2 is 0.947 bits per heavy atom. The van der Waals surface area contributed by atoms with Gasteiger partial charge in [-0.15, -0.1) is 0 Å². The molecular weight excluding hydrogens is 260 g/mol. The van der Waals surface area contributed by atoms with Crippen LogP contribution >= 0.6 is 0 Å². The Labute approximate surface area is 114 Å². The van der Waals surface area contributed by atoms with Crippen LogP contribution in [0.4, 0.5) is 4.79 Å². The summed E-state index contributed by atoms with van der Waals surface area (Å²) < 4.78 is 8.79. The lowest BCUT2D eigenvalue weighted by atomic mass is 10.6. The highest BCUT2D eigenvalue weighted by Gasteiger charge is 1.70. The Morgan fingerprint density at radius 3 is 0.947 bits per heavy atom. The number of carbonyl (C=O) groups is 3. The molecule has 0 spiro atoms. The Bertz CT molecular complexity index is 149. The normalized spacial score (nSPS) is 6.47. The van der Waals surface area contributed by atoms with E-state index in [1.165, 1.54) is 13.8 Å². The van der Waals surface area contributed by atoms with E-state index in [0.29, 0.717) is 0 Å². The number of aliphatic carboxylic acids is 1. The molecule has 0 aliphatic rings. The number of ether oxygens (including phenoxy) is 2. The first kappa shape index (κ1) is 30.4. The van der Waals surface area contributed by atoms with Crippen LogP contribution in [0.25, 0.3) is 0 Å². The topological polar surface area (TPSA) is 130 Å². The standard InChI is InChI=1S/C3H8O.C3H6O.C2H4O2.C2H6O.CH2O3/c1-3-4-2;1-3(2)4;1-2(3)4;1-3-2;2-1(3)4/h3H2,1-2H3;1-2H3;1H3,(H,3,4);1-2H3;(H2,2,3,4). The maximum atomic E-state index is 9.44. The monoisotopic (exact) mass is 286 g/mol. The summed E-state index contributed by atoms with van der Waals surface area (Å²) in [6, 6.07) is 0. The first-order chi connectivity index (χ1) is 8.52. The van der Waals surface area contributed by atoms with Gasteiger partial charge in [-0.3, -0.25) is 4.79 Å². The SMILES string of the molecule is CC(=O)O.CC(C)=O.CCOC.COC.O=C(O)O. The van der Waals surface area contributed by atoms with E-state index in [0.717, 1.165) is 13.5 Å². The predicted octanol–water partition coefficient (Wildman–Crippen LogP) is 1.82. The van der Waals surface area contributed by atoms with Crippen LogP contribution in [-0.2, 0) is 19.1 Å². The predicted molar refractivity (Wildman–Crippen MR) is 70.8 cm³/mol. The van der Waals surface area contributed by atoms with E-state index in [2.05, 4.69) is 9.47 Å². The van der Waals surface area contributed by atoms with Gasteiger partial charge in [0.2, 0.25) is 0 Å². The van der Waals surface area contributed by atoms with Crippen molar-refractivity contribution in [1.29, 1.82) is 0 Å². The Kier molecular flexibility index (Phi) is 57.5. The van der Waals surface area contributed by atoms with E-state index in [9.17, 15) is 4.79 Å². The molecule has 0 fully saturated rings. The molecule has 19 heavy (non-hydrogen) atoms. The van der Waals surface area contributed by atoms with Gasteiger partial charge in [0.05, 0.1) is 0 Å².